The summed E-state index contributed by atoms with van der Waals surface area (Å²) in [5.74, 6) is 0.0663. The molecule has 0 spiro atoms. The summed E-state index contributed by atoms with van der Waals surface area (Å²) >= 11 is 0. The molecule has 2 aliphatic heterocycles. The molecule has 1 unspecified atom stereocenters. The van der Waals surface area contributed by atoms with Crippen molar-refractivity contribution in [2.75, 3.05) is 52.1 Å². The van der Waals surface area contributed by atoms with Gasteiger partial charge in [-0.3, -0.25) is 4.79 Å². The van der Waals surface area contributed by atoms with Crippen LogP contribution in [0.1, 0.15) is 18.4 Å². The first-order valence-electron chi connectivity index (χ1n) is 9.26. The van der Waals surface area contributed by atoms with E-state index in [2.05, 4.69) is 4.90 Å². The number of hydrogen-bond donors (Lipinski definition) is 1. The fourth-order valence-electron chi connectivity index (χ4n) is 3.86. The molecule has 1 atom stereocenters. The summed E-state index contributed by atoms with van der Waals surface area (Å²) in [4.78, 5) is 30.9. The average molecular weight is 433 g/mol. The van der Waals surface area contributed by atoms with E-state index in [1.165, 1.54) is 20.0 Å². The number of halogens is 2. The Bertz CT molecular complexity index is 656. The van der Waals surface area contributed by atoms with Gasteiger partial charge in [-0.25, -0.2) is 4.79 Å². The third kappa shape index (κ3) is 5.90. The van der Waals surface area contributed by atoms with Gasteiger partial charge < -0.3 is 25.2 Å². The van der Waals surface area contributed by atoms with Gasteiger partial charge in [0.1, 0.15) is 0 Å². The van der Waals surface area contributed by atoms with Crippen LogP contribution < -0.4 is 5.73 Å². The molecule has 0 bridgehead atoms. The number of methoxy groups -OCH3 is 1. The molecule has 0 aliphatic carbocycles. The Balaban J connectivity index is 0.00000196. The Morgan fingerprint density at radius 1 is 1.11 bits per heavy atom. The molecule has 2 heterocycles. The molecule has 2 amide bonds. The van der Waals surface area contributed by atoms with E-state index in [1.807, 2.05) is 29.2 Å². The summed E-state index contributed by atoms with van der Waals surface area (Å²) in [5, 5.41) is 0. The quantitative estimate of drug-likeness (QED) is 0.736. The molecule has 2 fully saturated rings. The molecule has 0 radical (unpaired) electrons. The van der Waals surface area contributed by atoms with Crippen molar-refractivity contribution in [2.24, 2.45) is 0 Å². The Hall–Kier alpha value is -1.70. The van der Waals surface area contributed by atoms with Gasteiger partial charge in [-0.1, -0.05) is 18.2 Å². The van der Waals surface area contributed by atoms with E-state index in [1.54, 1.807) is 4.90 Å². The predicted molar refractivity (Wildman–Crippen MR) is 114 cm³/mol. The molecule has 1 aromatic carbocycles. The minimum absolute atomic E-state index is 0. The zero-order valence-electron chi connectivity index (χ0n) is 16.2. The number of anilines is 1. The van der Waals surface area contributed by atoms with E-state index in [0.29, 0.717) is 31.7 Å². The van der Waals surface area contributed by atoms with Crippen LogP contribution in [0.25, 0.3) is 0 Å². The summed E-state index contributed by atoms with van der Waals surface area (Å²) in [6, 6.07) is 7.47. The second-order valence-electron chi connectivity index (χ2n) is 7.04. The Morgan fingerprint density at radius 2 is 1.79 bits per heavy atom. The van der Waals surface area contributed by atoms with Crippen molar-refractivity contribution in [3.8, 4) is 0 Å². The van der Waals surface area contributed by atoms with Crippen molar-refractivity contribution in [3.05, 3.63) is 29.8 Å². The van der Waals surface area contributed by atoms with Gasteiger partial charge >= 0.3 is 6.09 Å². The standard InChI is InChI=1S/C19H28N4O3.2ClH/c1-26-19(25)22-10-11-23(16(14-22)13-21-8-4-5-9-21)18(24)12-15-6-2-3-7-17(15)20;;/h2-3,6-7,16H,4-5,8-14,20H2,1H3;2*1H. The van der Waals surface area contributed by atoms with Crippen LogP contribution in [0.15, 0.2) is 24.3 Å². The normalized spacial score (nSPS) is 19.5. The highest BCUT2D eigenvalue weighted by Crippen LogP contribution is 2.19. The Labute approximate surface area is 179 Å². The molecule has 158 valence electrons. The van der Waals surface area contributed by atoms with Gasteiger partial charge in [0, 0.05) is 31.9 Å². The monoisotopic (exact) mass is 432 g/mol. The van der Waals surface area contributed by atoms with Gasteiger partial charge in [-0.2, -0.15) is 0 Å². The summed E-state index contributed by atoms with van der Waals surface area (Å²) in [6.45, 7) is 4.45. The number of nitrogen functional groups attached to an aromatic ring is 1. The molecule has 7 nitrogen and oxygen atoms in total. The van der Waals surface area contributed by atoms with Gasteiger partial charge in [0.15, 0.2) is 0 Å². The Morgan fingerprint density at radius 3 is 2.43 bits per heavy atom. The molecule has 1 aromatic rings. The highest BCUT2D eigenvalue weighted by Gasteiger charge is 2.34. The number of hydrogen-bond acceptors (Lipinski definition) is 5. The third-order valence-electron chi connectivity index (χ3n) is 5.30. The zero-order valence-corrected chi connectivity index (χ0v) is 17.8. The van der Waals surface area contributed by atoms with Crippen molar-refractivity contribution in [1.82, 2.24) is 14.7 Å². The Kier molecular flexibility index (Phi) is 9.85. The SMILES string of the molecule is COC(=O)N1CCN(C(=O)Cc2ccccc2N)C(CN2CCCC2)C1.Cl.Cl. The van der Waals surface area contributed by atoms with Crippen LogP contribution in [0.3, 0.4) is 0 Å². The molecule has 2 N–H and O–H groups in total. The lowest BCUT2D eigenvalue weighted by Gasteiger charge is -2.42. The molecule has 3 rings (SSSR count). The van der Waals surface area contributed by atoms with Gasteiger partial charge in [0.2, 0.25) is 5.91 Å². The van der Waals surface area contributed by atoms with E-state index in [4.69, 9.17) is 10.5 Å². The maximum atomic E-state index is 13.0. The maximum Gasteiger partial charge on any atom is 0.409 e. The van der Waals surface area contributed by atoms with Crippen molar-refractivity contribution >= 4 is 42.5 Å². The number of nitrogens with zero attached hydrogens (tertiary/aromatic N) is 3. The number of amides is 2. The molecule has 0 saturated carbocycles. The zero-order chi connectivity index (χ0) is 18.5. The number of likely N-dealkylation sites (tertiary alicyclic amines) is 1. The predicted octanol–water partition coefficient (Wildman–Crippen LogP) is 2.03. The van der Waals surface area contributed by atoms with E-state index in [0.717, 1.165) is 25.2 Å². The van der Waals surface area contributed by atoms with E-state index in [-0.39, 0.29) is 42.9 Å². The molecule has 0 aromatic heterocycles. The van der Waals surface area contributed by atoms with Crippen molar-refractivity contribution in [1.29, 1.82) is 0 Å². The number of carbonyl (C=O) groups is 2. The van der Waals surface area contributed by atoms with Crippen molar-refractivity contribution < 1.29 is 14.3 Å². The van der Waals surface area contributed by atoms with Crippen LogP contribution in [-0.2, 0) is 16.0 Å². The van der Waals surface area contributed by atoms with Crippen LogP contribution in [0.4, 0.5) is 10.5 Å². The number of piperazine rings is 1. The number of ether oxygens (including phenoxy) is 1. The molecule has 2 aliphatic rings. The highest BCUT2D eigenvalue weighted by atomic mass is 35.5. The smallest absolute Gasteiger partial charge is 0.409 e. The first-order chi connectivity index (χ1) is 12.6. The largest absolute Gasteiger partial charge is 0.453 e. The van der Waals surface area contributed by atoms with E-state index in [9.17, 15) is 9.59 Å². The minimum atomic E-state index is -0.323. The topological polar surface area (TPSA) is 79.1 Å². The summed E-state index contributed by atoms with van der Waals surface area (Å²) in [7, 11) is 1.40. The maximum absolute atomic E-state index is 13.0. The number of rotatable bonds is 4. The molecule has 9 heteroatoms. The first-order valence-corrected chi connectivity index (χ1v) is 9.26. The van der Waals surface area contributed by atoms with Crippen LogP contribution in [0.2, 0.25) is 0 Å². The van der Waals surface area contributed by atoms with E-state index >= 15 is 0 Å². The summed E-state index contributed by atoms with van der Waals surface area (Å²) in [5.41, 5.74) is 7.49. The van der Waals surface area contributed by atoms with Crippen LogP contribution in [-0.4, -0.2) is 79.1 Å². The summed E-state index contributed by atoms with van der Waals surface area (Å²) in [6.07, 6.45) is 2.36. The lowest BCUT2D eigenvalue weighted by molar-refractivity contribution is -0.135. The van der Waals surface area contributed by atoms with E-state index < -0.39 is 0 Å². The molecule has 28 heavy (non-hydrogen) atoms. The molecule has 2 saturated heterocycles. The van der Waals surface area contributed by atoms with Crippen molar-refractivity contribution in [2.45, 2.75) is 25.3 Å². The highest BCUT2D eigenvalue weighted by molar-refractivity contribution is 5.85. The van der Waals surface area contributed by atoms with Gasteiger partial charge in [0.05, 0.1) is 19.6 Å². The summed E-state index contributed by atoms with van der Waals surface area (Å²) < 4.78 is 4.87. The molecular formula is C19H30Cl2N4O3. The van der Waals surface area contributed by atoms with Gasteiger partial charge in [-0.15, -0.1) is 24.8 Å². The number of nitrogens with two attached hydrogens (primary N) is 1. The number of carbonyl (C=O) groups excluding carboxylic acids is 2. The lowest BCUT2D eigenvalue weighted by atomic mass is 10.1. The number of para-hydroxylation sites is 1. The number of benzene rings is 1. The average Bonchev–Trinajstić information content (AvgIpc) is 3.16. The first kappa shape index (κ1) is 24.3. The van der Waals surface area contributed by atoms with Gasteiger partial charge in [0.25, 0.3) is 0 Å². The fourth-order valence-corrected chi connectivity index (χ4v) is 3.86. The minimum Gasteiger partial charge on any atom is -0.453 e. The second kappa shape index (κ2) is 11.3. The van der Waals surface area contributed by atoms with Crippen molar-refractivity contribution in [3.63, 3.8) is 0 Å². The van der Waals surface area contributed by atoms with Gasteiger partial charge in [-0.05, 0) is 37.6 Å². The molecular weight excluding hydrogens is 403 g/mol. The lowest BCUT2D eigenvalue weighted by Crippen LogP contribution is -2.59. The van der Waals surface area contributed by atoms with Crippen LogP contribution >= 0.6 is 24.8 Å². The third-order valence-corrected chi connectivity index (χ3v) is 5.30. The second-order valence-corrected chi connectivity index (χ2v) is 7.04. The fraction of sp³-hybridized carbons (Fsp3) is 0.579. The van der Waals surface area contributed by atoms with Crippen LogP contribution in [0, 0.1) is 0 Å². The van der Waals surface area contributed by atoms with Crippen LogP contribution in [0.5, 0.6) is 0 Å².